The van der Waals surface area contributed by atoms with Crippen LogP contribution in [0.4, 0.5) is 23.7 Å². The molecule has 0 bridgehead atoms. The molecule has 1 aliphatic heterocycles. The molecule has 2 heterocycles. The number of hydrogen-bond acceptors (Lipinski definition) is 7. The monoisotopic (exact) mass is 462 g/mol. The predicted molar refractivity (Wildman–Crippen MR) is 106 cm³/mol. The number of rotatable bonds is 3. The maximum atomic E-state index is 13.4. The standard InChI is InChI=1S/C17H21F3N6O4S/c1-8-13(10-3-2-4-11(10)24-14(8)17(18,19)20)25-16(28)26-31(22,29)12(5-21)15-23-6-9(27)7-30-15/h5,9,27H,2-4,6-7,21H2,1H3,(H3,22,24,25,26,28,29)/t9-,31?/m1/s1. The van der Waals surface area contributed by atoms with Crippen LogP contribution in [0.1, 0.15) is 28.9 Å². The Morgan fingerprint density at radius 1 is 1.42 bits per heavy atom. The minimum atomic E-state index is -4.71. The van der Waals surface area contributed by atoms with E-state index in [1.54, 1.807) is 0 Å². The summed E-state index contributed by atoms with van der Waals surface area (Å²) in [7, 11) is -3.95. The number of urea groups is 1. The predicted octanol–water partition coefficient (Wildman–Crippen LogP) is 1.36. The number of aliphatic imine (C=N–C) groups is 1. The largest absolute Gasteiger partial charge is 0.474 e. The number of nitrogens with one attached hydrogen (secondary N) is 1. The zero-order valence-electron chi connectivity index (χ0n) is 16.4. The van der Waals surface area contributed by atoms with Crippen LogP contribution in [0.2, 0.25) is 0 Å². The van der Waals surface area contributed by atoms with Gasteiger partial charge in [-0.15, -0.1) is 4.36 Å². The van der Waals surface area contributed by atoms with E-state index in [9.17, 15) is 27.3 Å². The number of aryl methyl sites for hydroxylation is 1. The first-order valence-corrected chi connectivity index (χ1v) is 10.7. The van der Waals surface area contributed by atoms with Crippen LogP contribution in [0, 0.1) is 6.92 Å². The lowest BCUT2D eigenvalue weighted by Gasteiger charge is -2.20. The van der Waals surface area contributed by atoms with Crippen molar-refractivity contribution in [1.82, 2.24) is 4.98 Å². The minimum absolute atomic E-state index is 0.0586. The Kier molecular flexibility index (Phi) is 6.25. The average Bonchev–Trinajstić information content (AvgIpc) is 3.13. The van der Waals surface area contributed by atoms with Gasteiger partial charge in [0.05, 0.1) is 12.2 Å². The lowest BCUT2D eigenvalue weighted by molar-refractivity contribution is -0.141. The number of nitrogens with two attached hydrogens (primary N) is 2. The van der Waals surface area contributed by atoms with Crippen molar-refractivity contribution in [2.75, 3.05) is 18.5 Å². The lowest BCUT2D eigenvalue weighted by Crippen LogP contribution is -2.33. The number of anilines is 1. The third-order valence-corrected chi connectivity index (χ3v) is 6.10. The van der Waals surface area contributed by atoms with Gasteiger partial charge in [0.1, 0.15) is 23.3 Å². The van der Waals surface area contributed by atoms with Crippen molar-refractivity contribution in [3.05, 3.63) is 33.6 Å². The van der Waals surface area contributed by atoms with Crippen LogP contribution in [0.3, 0.4) is 0 Å². The highest BCUT2D eigenvalue weighted by Crippen LogP contribution is 2.38. The van der Waals surface area contributed by atoms with Crippen molar-refractivity contribution < 1.29 is 32.0 Å². The highest BCUT2D eigenvalue weighted by Gasteiger charge is 2.38. The molecule has 0 spiro atoms. The number of aliphatic hydroxyl groups is 1. The molecule has 0 aromatic carbocycles. The van der Waals surface area contributed by atoms with E-state index in [2.05, 4.69) is 19.7 Å². The number of halogens is 3. The second kappa shape index (κ2) is 8.43. The fourth-order valence-electron chi connectivity index (χ4n) is 3.34. The van der Waals surface area contributed by atoms with Crippen molar-refractivity contribution in [3.8, 4) is 0 Å². The zero-order chi connectivity index (χ0) is 23.0. The fraction of sp³-hybridized carbons (Fsp3) is 0.471. The maximum absolute atomic E-state index is 13.4. The van der Waals surface area contributed by atoms with Crippen LogP contribution in [0.15, 0.2) is 20.5 Å². The molecule has 0 saturated carbocycles. The van der Waals surface area contributed by atoms with Crippen molar-refractivity contribution in [1.29, 1.82) is 0 Å². The Morgan fingerprint density at radius 3 is 2.71 bits per heavy atom. The molecular formula is C17H21F3N6O4S. The highest BCUT2D eigenvalue weighted by atomic mass is 32.2. The van der Waals surface area contributed by atoms with Crippen molar-refractivity contribution >= 4 is 27.5 Å². The summed E-state index contributed by atoms with van der Waals surface area (Å²) in [5.74, 6) is -0.239. The third kappa shape index (κ3) is 4.80. The van der Waals surface area contributed by atoms with E-state index in [4.69, 9.17) is 15.6 Å². The van der Waals surface area contributed by atoms with Gasteiger partial charge in [0.2, 0.25) is 5.90 Å². The van der Waals surface area contributed by atoms with Gasteiger partial charge in [-0.3, -0.25) is 0 Å². The lowest BCUT2D eigenvalue weighted by atomic mass is 10.1. The highest BCUT2D eigenvalue weighted by molar-refractivity contribution is 7.96. The van der Waals surface area contributed by atoms with Crippen LogP contribution >= 0.6 is 0 Å². The summed E-state index contributed by atoms with van der Waals surface area (Å²) < 4.78 is 61.5. The third-order valence-electron chi connectivity index (χ3n) is 4.72. The smallest absolute Gasteiger partial charge is 0.433 e. The summed E-state index contributed by atoms with van der Waals surface area (Å²) in [5, 5.41) is 17.4. The van der Waals surface area contributed by atoms with E-state index >= 15 is 0 Å². The summed E-state index contributed by atoms with van der Waals surface area (Å²) in [6, 6.07) is -1.22. The number of carbonyl (C=O) groups excluding carboxylic acids is 1. The van der Waals surface area contributed by atoms with Gasteiger partial charge in [-0.1, -0.05) is 0 Å². The summed E-state index contributed by atoms with van der Waals surface area (Å²) in [4.78, 5) is 19.7. The number of alkyl halides is 3. The van der Waals surface area contributed by atoms with E-state index in [1.165, 1.54) is 6.92 Å². The van der Waals surface area contributed by atoms with E-state index < -0.39 is 33.9 Å². The minimum Gasteiger partial charge on any atom is -0.474 e. The Hall–Kier alpha value is -2.71. The van der Waals surface area contributed by atoms with E-state index in [-0.39, 0.29) is 40.9 Å². The summed E-state index contributed by atoms with van der Waals surface area (Å²) in [6.45, 7) is 0.975. The molecule has 3 rings (SSSR count). The molecule has 31 heavy (non-hydrogen) atoms. The molecule has 0 saturated heterocycles. The molecule has 14 heteroatoms. The number of ether oxygens (including phenoxy) is 1. The Morgan fingerprint density at radius 2 is 2.13 bits per heavy atom. The van der Waals surface area contributed by atoms with Crippen LogP contribution in [-0.4, -0.2) is 45.5 Å². The number of carbonyl (C=O) groups is 1. The molecule has 170 valence electrons. The summed E-state index contributed by atoms with van der Waals surface area (Å²) in [5.41, 5.74) is 4.71. The van der Waals surface area contributed by atoms with Gasteiger partial charge in [0.15, 0.2) is 9.92 Å². The van der Waals surface area contributed by atoms with Gasteiger partial charge < -0.3 is 20.9 Å². The number of pyridine rings is 1. The molecule has 1 aromatic heterocycles. The number of aromatic nitrogens is 1. The van der Waals surface area contributed by atoms with E-state index in [0.29, 0.717) is 24.8 Å². The molecule has 2 amide bonds. The average molecular weight is 462 g/mol. The zero-order valence-corrected chi connectivity index (χ0v) is 17.2. The number of hydrogen-bond donors (Lipinski definition) is 4. The Labute approximate surface area is 175 Å². The molecule has 1 aliphatic carbocycles. The first-order valence-electron chi connectivity index (χ1n) is 9.17. The SMILES string of the molecule is Cc1c(C(F)(F)F)nc2c(c1NC(=O)N=S(N)(=O)C(=CN)C1=NC[C@@H](O)CO1)CCC2. The normalized spacial score (nSPS) is 20.9. The van der Waals surface area contributed by atoms with Gasteiger partial charge in [-0.25, -0.2) is 24.1 Å². The Balaban J connectivity index is 1.95. The van der Waals surface area contributed by atoms with Crippen LogP contribution in [0.25, 0.3) is 0 Å². The van der Waals surface area contributed by atoms with Gasteiger partial charge >= 0.3 is 12.2 Å². The van der Waals surface area contributed by atoms with Gasteiger partial charge in [-0.2, -0.15) is 13.2 Å². The van der Waals surface area contributed by atoms with Crippen LogP contribution < -0.4 is 16.2 Å². The van der Waals surface area contributed by atoms with E-state index in [1.807, 2.05) is 0 Å². The van der Waals surface area contributed by atoms with Gasteiger partial charge in [0.25, 0.3) is 0 Å². The molecule has 10 nitrogen and oxygen atoms in total. The summed E-state index contributed by atoms with van der Waals surface area (Å²) in [6.07, 6.45) is -3.41. The van der Waals surface area contributed by atoms with Crippen LogP contribution in [-0.2, 0) is 33.7 Å². The van der Waals surface area contributed by atoms with Crippen LogP contribution in [0.5, 0.6) is 0 Å². The number of fused-ring (bicyclic) bond motifs is 1. The molecule has 1 aromatic rings. The van der Waals surface area contributed by atoms with Gasteiger partial charge in [0, 0.05) is 17.5 Å². The van der Waals surface area contributed by atoms with Crippen molar-refractivity contribution in [2.24, 2.45) is 20.2 Å². The molecule has 6 N–H and O–H groups in total. The summed E-state index contributed by atoms with van der Waals surface area (Å²) >= 11 is 0. The maximum Gasteiger partial charge on any atom is 0.433 e. The number of aliphatic hydroxyl groups excluding tert-OH is 1. The van der Waals surface area contributed by atoms with Crippen molar-refractivity contribution in [3.63, 3.8) is 0 Å². The van der Waals surface area contributed by atoms with Crippen molar-refractivity contribution in [2.45, 2.75) is 38.5 Å². The number of nitrogens with zero attached hydrogens (tertiary/aromatic N) is 3. The fourth-order valence-corrected chi connectivity index (χ4v) is 4.29. The molecule has 2 atom stereocenters. The molecular weight excluding hydrogens is 441 g/mol. The topological polar surface area (TPSA) is 165 Å². The Bertz CT molecular complexity index is 1090. The second-order valence-electron chi connectivity index (χ2n) is 6.97. The van der Waals surface area contributed by atoms with Gasteiger partial charge in [-0.05, 0) is 31.7 Å². The van der Waals surface area contributed by atoms with E-state index in [0.717, 1.165) is 6.20 Å². The number of amides is 2. The molecule has 1 unspecified atom stereocenters. The molecule has 0 radical (unpaired) electrons. The quantitative estimate of drug-likeness (QED) is 0.529. The second-order valence-corrected chi connectivity index (χ2v) is 8.73. The first-order chi connectivity index (χ1) is 14.4. The molecule has 2 aliphatic rings. The first kappa shape index (κ1) is 23.0. The molecule has 0 fully saturated rings.